The Hall–Kier alpha value is -0.610. The van der Waals surface area contributed by atoms with Gasteiger partial charge in [0.2, 0.25) is 0 Å². The van der Waals surface area contributed by atoms with Crippen molar-refractivity contribution in [1.29, 1.82) is 0 Å². The minimum Gasteiger partial charge on any atom is -0.468 e. The molecule has 1 fully saturated rings. The maximum Gasteiger partial charge on any atom is 0.323 e. The van der Waals surface area contributed by atoms with Crippen molar-refractivity contribution in [1.82, 2.24) is 4.90 Å². The number of unbranched alkanes of at least 4 members (excludes halogenated alkanes) is 1. The van der Waals surface area contributed by atoms with E-state index in [-0.39, 0.29) is 18.1 Å². The van der Waals surface area contributed by atoms with Gasteiger partial charge in [0.1, 0.15) is 6.04 Å². The lowest BCUT2D eigenvalue weighted by molar-refractivity contribution is -0.150. The molecule has 0 aliphatic carbocycles. The largest absolute Gasteiger partial charge is 0.468 e. The predicted octanol–water partition coefficient (Wildman–Crippen LogP) is 1.44. The van der Waals surface area contributed by atoms with Crippen LogP contribution in [0.15, 0.2) is 0 Å². The molecule has 0 spiro atoms. The first kappa shape index (κ1) is 13.5. The zero-order valence-corrected chi connectivity index (χ0v) is 10.6. The molecule has 0 amide bonds. The maximum absolute atomic E-state index is 11.7. The molecule has 4 heteroatoms. The van der Waals surface area contributed by atoms with Gasteiger partial charge in [-0.05, 0) is 13.3 Å². The summed E-state index contributed by atoms with van der Waals surface area (Å²) in [6.45, 7) is 6.54. The molecule has 16 heavy (non-hydrogen) atoms. The van der Waals surface area contributed by atoms with Gasteiger partial charge >= 0.3 is 5.97 Å². The normalized spacial score (nSPS) is 24.1. The van der Waals surface area contributed by atoms with Gasteiger partial charge in [-0.1, -0.05) is 19.8 Å². The molecule has 0 N–H and O–H groups in total. The van der Waals surface area contributed by atoms with E-state index in [4.69, 9.17) is 9.47 Å². The van der Waals surface area contributed by atoms with Gasteiger partial charge in [0.15, 0.2) is 0 Å². The fourth-order valence-electron chi connectivity index (χ4n) is 2.11. The first-order chi connectivity index (χ1) is 7.69. The van der Waals surface area contributed by atoms with Gasteiger partial charge in [-0.3, -0.25) is 9.69 Å². The number of ether oxygens (including phenoxy) is 2. The van der Waals surface area contributed by atoms with Crippen molar-refractivity contribution in [3.63, 3.8) is 0 Å². The monoisotopic (exact) mass is 229 g/mol. The number of carbonyl (C=O) groups is 1. The molecule has 4 nitrogen and oxygen atoms in total. The first-order valence-electron chi connectivity index (χ1n) is 6.12. The molecule has 0 radical (unpaired) electrons. The van der Waals surface area contributed by atoms with E-state index in [1.54, 1.807) is 0 Å². The Labute approximate surface area is 97.9 Å². The zero-order chi connectivity index (χ0) is 12.0. The van der Waals surface area contributed by atoms with Crippen LogP contribution in [0.2, 0.25) is 0 Å². The predicted molar refractivity (Wildman–Crippen MR) is 62.3 cm³/mol. The SMILES string of the molecule is CCCCC(C(=O)OC)N1CCOC(C)C1. The molecule has 0 aromatic heterocycles. The molecule has 1 aliphatic rings. The third kappa shape index (κ3) is 3.76. The van der Waals surface area contributed by atoms with Crippen LogP contribution in [0.4, 0.5) is 0 Å². The number of esters is 1. The third-order valence-corrected chi connectivity index (χ3v) is 3.02. The van der Waals surface area contributed by atoms with E-state index in [9.17, 15) is 4.79 Å². The highest BCUT2D eigenvalue weighted by atomic mass is 16.5. The molecular weight excluding hydrogens is 206 g/mol. The number of hydrogen-bond acceptors (Lipinski definition) is 4. The van der Waals surface area contributed by atoms with Crippen molar-refractivity contribution in [2.75, 3.05) is 26.8 Å². The second-order valence-electron chi connectivity index (χ2n) is 4.36. The van der Waals surface area contributed by atoms with Crippen molar-refractivity contribution < 1.29 is 14.3 Å². The highest BCUT2D eigenvalue weighted by Crippen LogP contribution is 2.15. The number of carbonyl (C=O) groups excluding carboxylic acids is 1. The van der Waals surface area contributed by atoms with E-state index < -0.39 is 0 Å². The fraction of sp³-hybridized carbons (Fsp3) is 0.917. The second kappa shape index (κ2) is 6.86. The van der Waals surface area contributed by atoms with Gasteiger partial charge in [-0.25, -0.2) is 0 Å². The van der Waals surface area contributed by atoms with Crippen LogP contribution < -0.4 is 0 Å². The molecule has 1 rings (SSSR count). The Bertz CT molecular complexity index is 220. The Balaban J connectivity index is 2.55. The van der Waals surface area contributed by atoms with Crippen LogP contribution >= 0.6 is 0 Å². The van der Waals surface area contributed by atoms with E-state index in [2.05, 4.69) is 11.8 Å². The molecule has 0 aromatic rings. The van der Waals surface area contributed by atoms with Crippen molar-refractivity contribution >= 4 is 5.97 Å². The molecule has 0 saturated carbocycles. The molecular formula is C12H23NO3. The maximum atomic E-state index is 11.7. The lowest BCUT2D eigenvalue weighted by Crippen LogP contribution is -2.50. The van der Waals surface area contributed by atoms with Gasteiger partial charge < -0.3 is 9.47 Å². The third-order valence-electron chi connectivity index (χ3n) is 3.02. The standard InChI is InChI=1S/C12H23NO3/c1-4-5-6-11(12(14)15-3)13-7-8-16-10(2)9-13/h10-11H,4-9H2,1-3H3. The quantitative estimate of drug-likeness (QED) is 0.669. The van der Waals surface area contributed by atoms with E-state index in [1.807, 2.05) is 6.92 Å². The summed E-state index contributed by atoms with van der Waals surface area (Å²) >= 11 is 0. The molecule has 94 valence electrons. The Kier molecular flexibility index (Phi) is 5.77. The Morgan fingerprint density at radius 3 is 2.94 bits per heavy atom. The van der Waals surface area contributed by atoms with E-state index in [0.29, 0.717) is 6.61 Å². The number of methoxy groups -OCH3 is 1. The van der Waals surface area contributed by atoms with Crippen LogP contribution in [-0.4, -0.2) is 49.8 Å². The van der Waals surface area contributed by atoms with E-state index in [0.717, 1.165) is 32.4 Å². The highest BCUT2D eigenvalue weighted by Gasteiger charge is 2.29. The van der Waals surface area contributed by atoms with Gasteiger partial charge in [0.05, 0.1) is 19.8 Å². The lowest BCUT2D eigenvalue weighted by atomic mass is 10.1. The van der Waals surface area contributed by atoms with Crippen molar-refractivity contribution in [3.8, 4) is 0 Å². The topological polar surface area (TPSA) is 38.8 Å². The summed E-state index contributed by atoms with van der Waals surface area (Å²) in [7, 11) is 1.46. The van der Waals surface area contributed by atoms with Gasteiger partial charge in [0, 0.05) is 13.1 Å². The Morgan fingerprint density at radius 1 is 1.62 bits per heavy atom. The molecule has 1 aliphatic heterocycles. The lowest BCUT2D eigenvalue weighted by Gasteiger charge is -2.35. The van der Waals surface area contributed by atoms with Crippen LogP contribution in [0, 0.1) is 0 Å². The Morgan fingerprint density at radius 2 is 2.38 bits per heavy atom. The molecule has 2 unspecified atom stereocenters. The van der Waals surface area contributed by atoms with Crippen LogP contribution in [0.1, 0.15) is 33.1 Å². The fourth-order valence-corrected chi connectivity index (χ4v) is 2.11. The summed E-state index contributed by atoms with van der Waals surface area (Å²) in [6.07, 6.45) is 3.26. The van der Waals surface area contributed by atoms with Gasteiger partial charge in [-0.2, -0.15) is 0 Å². The van der Waals surface area contributed by atoms with Crippen LogP contribution in [-0.2, 0) is 14.3 Å². The summed E-state index contributed by atoms with van der Waals surface area (Å²) in [5.41, 5.74) is 0. The van der Waals surface area contributed by atoms with Crippen LogP contribution in [0.3, 0.4) is 0 Å². The zero-order valence-electron chi connectivity index (χ0n) is 10.6. The average Bonchev–Trinajstić information content (AvgIpc) is 2.29. The molecule has 2 atom stereocenters. The molecule has 1 heterocycles. The molecule has 1 saturated heterocycles. The van der Waals surface area contributed by atoms with E-state index in [1.165, 1.54) is 7.11 Å². The van der Waals surface area contributed by atoms with E-state index >= 15 is 0 Å². The van der Waals surface area contributed by atoms with Crippen LogP contribution in [0.25, 0.3) is 0 Å². The molecule has 0 bridgehead atoms. The minimum atomic E-state index is -0.109. The summed E-state index contributed by atoms with van der Waals surface area (Å²) in [5.74, 6) is -0.109. The van der Waals surface area contributed by atoms with Gasteiger partial charge in [-0.15, -0.1) is 0 Å². The highest BCUT2D eigenvalue weighted by molar-refractivity contribution is 5.75. The summed E-state index contributed by atoms with van der Waals surface area (Å²) in [4.78, 5) is 13.9. The van der Waals surface area contributed by atoms with Crippen molar-refractivity contribution in [3.05, 3.63) is 0 Å². The number of hydrogen-bond donors (Lipinski definition) is 0. The smallest absolute Gasteiger partial charge is 0.323 e. The summed E-state index contributed by atoms with van der Waals surface area (Å²) < 4.78 is 10.4. The first-order valence-corrected chi connectivity index (χ1v) is 6.12. The van der Waals surface area contributed by atoms with Gasteiger partial charge in [0.25, 0.3) is 0 Å². The number of nitrogens with zero attached hydrogens (tertiary/aromatic N) is 1. The van der Waals surface area contributed by atoms with Crippen molar-refractivity contribution in [2.45, 2.75) is 45.3 Å². The summed E-state index contributed by atoms with van der Waals surface area (Å²) in [5, 5.41) is 0. The summed E-state index contributed by atoms with van der Waals surface area (Å²) in [6, 6.07) is -0.0868. The number of morpholine rings is 1. The minimum absolute atomic E-state index is 0.0868. The second-order valence-corrected chi connectivity index (χ2v) is 4.36. The molecule has 0 aromatic carbocycles. The van der Waals surface area contributed by atoms with Crippen LogP contribution in [0.5, 0.6) is 0 Å². The average molecular weight is 229 g/mol. The number of rotatable bonds is 5. The van der Waals surface area contributed by atoms with Crippen molar-refractivity contribution in [2.24, 2.45) is 0 Å².